The van der Waals surface area contributed by atoms with Crippen LogP contribution in [-0.4, -0.2) is 29.7 Å². The standard InChI is InChI=1S/C7H7NO3.C7H5NO3.B.Na.H/c2*9-5-6-2-1-3-7(4-6)8(10)11;;;/h1-4,9H,5H2;1-5H;;;/q;;;+1;-1. The fourth-order valence-electron chi connectivity index (χ4n) is 1.48. The summed E-state index contributed by atoms with van der Waals surface area (Å²) in [6, 6.07) is 11.5. The molecule has 0 aromatic heterocycles. The monoisotopic (exact) mass is 339 g/mol. The van der Waals surface area contributed by atoms with Crippen LogP contribution in [0.1, 0.15) is 17.3 Å². The number of aliphatic hydroxyl groups excluding tert-OH is 1. The number of hydrogen-bond donors (Lipinski definition) is 1. The average molecular weight is 339 g/mol. The van der Waals surface area contributed by atoms with Crippen molar-refractivity contribution in [2.24, 2.45) is 0 Å². The third kappa shape index (κ3) is 7.98. The molecule has 0 unspecified atom stereocenters. The van der Waals surface area contributed by atoms with Gasteiger partial charge in [-0.1, -0.05) is 24.3 Å². The molecule has 0 aliphatic heterocycles. The molecule has 0 atom stereocenters. The van der Waals surface area contributed by atoms with Crippen molar-refractivity contribution >= 4 is 26.1 Å². The number of rotatable bonds is 4. The van der Waals surface area contributed by atoms with Crippen LogP contribution in [0.4, 0.5) is 11.4 Å². The van der Waals surface area contributed by atoms with Gasteiger partial charge in [0.2, 0.25) is 0 Å². The minimum Gasteiger partial charge on any atom is -1.00 e. The van der Waals surface area contributed by atoms with Crippen LogP contribution in [0.5, 0.6) is 0 Å². The van der Waals surface area contributed by atoms with Crippen LogP contribution >= 0.6 is 0 Å². The van der Waals surface area contributed by atoms with Gasteiger partial charge in [0.1, 0.15) is 6.29 Å². The van der Waals surface area contributed by atoms with Crippen LogP contribution in [0.3, 0.4) is 0 Å². The summed E-state index contributed by atoms with van der Waals surface area (Å²) in [5, 5.41) is 29.0. The number of carbonyl (C=O) groups is 1. The van der Waals surface area contributed by atoms with Crippen molar-refractivity contribution in [1.29, 1.82) is 0 Å². The summed E-state index contributed by atoms with van der Waals surface area (Å²) in [5.41, 5.74) is 0.824. The maximum Gasteiger partial charge on any atom is 1.00 e. The molecule has 2 rings (SSSR count). The Kier molecular flexibility index (Phi) is 12.5. The fraction of sp³-hybridized carbons (Fsp3) is 0.0714. The first-order chi connectivity index (χ1) is 10.5. The summed E-state index contributed by atoms with van der Waals surface area (Å²) in [6.45, 7) is -0.165. The van der Waals surface area contributed by atoms with E-state index in [4.69, 9.17) is 5.11 Å². The molecule has 119 valence electrons. The van der Waals surface area contributed by atoms with E-state index in [1.165, 1.54) is 36.4 Å². The molecule has 24 heavy (non-hydrogen) atoms. The Morgan fingerprint density at radius 3 is 1.96 bits per heavy atom. The molecular formula is C14H13BN2NaO6. The van der Waals surface area contributed by atoms with Gasteiger partial charge in [-0.3, -0.25) is 25.0 Å². The van der Waals surface area contributed by atoms with Crippen molar-refractivity contribution in [1.82, 2.24) is 0 Å². The van der Waals surface area contributed by atoms with Gasteiger partial charge < -0.3 is 6.53 Å². The Bertz CT molecular complexity index is 705. The van der Waals surface area contributed by atoms with Gasteiger partial charge in [0.25, 0.3) is 11.4 Å². The van der Waals surface area contributed by atoms with Crippen LogP contribution in [-0.2, 0) is 6.61 Å². The van der Waals surface area contributed by atoms with E-state index in [-0.39, 0.29) is 57.4 Å². The molecule has 0 fully saturated rings. The molecular weight excluding hydrogens is 326 g/mol. The predicted molar refractivity (Wildman–Crippen MR) is 84.4 cm³/mol. The quantitative estimate of drug-likeness (QED) is 0.338. The first-order valence-corrected chi connectivity index (χ1v) is 6.01. The molecule has 0 saturated heterocycles. The first-order valence-electron chi connectivity index (χ1n) is 6.01. The van der Waals surface area contributed by atoms with E-state index in [2.05, 4.69) is 0 Å². The molecule has 0 bridgehead atoms. The van der Waals surface area contributed by atoms with Crippen LogP contribution in [0.2, 0.25) is 0 Å². The zero-order valence-corrected chi connectivity index (χ0v) is 14.9. The van der Waals surface area contributed by atoms with Crippen LogP contribution < -0.4 is 29.6 Å². The number of aliphatic hydroxyl groups is 1. The number of aldehydes is 1. The molecule has 3 radical (unpaired) electrons. The van der Waals surface area contributed by atoms with Crippen molar-refractivity contribution in [3.05, 3.63) is 79.9 Å². The molecule has 0 saturated carbocycles. The third-order valence-corrected chi connectivity index (χ3v) is 2.52. The number of benzene rings is 2. The number of nitrogens with zero attached hydrogens (tertiary/aromatic N) is 2. The smallest absolute Gasteiger partial charge is 1.00 e. The van der Waals surface area contributed by atoms with Crippen LogP contribution in [0.15, 0.2) is 48.5 Å². The van der Waals surface area contributed by atoms with Gasteiger partial charge >= 0.3 is 29.6 Å². The maximum atomic E-state index is 10.2. The Balaban J connectivity index is -0.000000346. The van der Waals surface area contributed by atoms with Crippen molar-refractivity contribution in [2.45, 2.75) is 6.61 Å². The minimum absolute atomic E-state index is 0. The van der Waals surface area contributed by atoms with Gasteiger partial charge in [-0.15, -0.1) is 0 Å². The topological polar surface area (TPSA) is 124 Å². The summed E-state index contributed by atoms with van der Waals surface area (Å²) in [7, 11) is 0. The van der Waals surface area contributed by atoms with Crippen molar-refractivity contribution in [2.75, 3.05) is 0 Å². The van der Waals surface area contributed by atoms with E-state index in [1.54, 1.807) is 12.1 Å². The molecule has 0 heterocycles. The molecule has 2 aromatic rings. The number of hydrogen-bond acceptors (Lipinski definition) is 6. The Morgan fingerprint density at radius 1 is 1.00 bits per heavy atom. The van der Waals surface area contributed by atoms with Gasteiger partial charge in [0, 0.05) is 38.2 Å². The van der Waals surface area contributed by atoms with E-state index in [0.717, 1.165) is 0 Å². The number of carbonyl (C=O) groups excluding carboxylic acids is 1. The second-order valence-electron chi connectivity index (χ2n) is 4.06. The molecule has 1 N–H and O–H groups in total. The zero-order valence-electron chi connectivity index (χ0n) is 13.9. The number of non-ortho nitro benzene ring substituents is 2. The fourth-order valence-corrected chi connectivity index (χ4v) is 1.48. The summed E-state index contributed by atoms with van der Waals surface area (Å²) < 4.78 is 0. The molecule has 0 amide bonds. The summed E-state index contributed by atoms with van der Waals surface area (Å²) >= 11 is 0. The van der Waals surface area contributed by atoms with Crippen LogP contribution in [0.25, 0.3) is 0 Å². The largest absolute Gasteiger partial charge is 1.00 e. The molecule has 0 spiro atoms. The third-order valence-electron chi connectivity index (χ3n) is 2.52. The normalized spacial score (nSPS) is 8.54. The Morgan fingerprint density at radius 2 is 1.50 bits per heavy atom. The van der Waals surface area contributed by atoms with Gasteiger partial charge in [-0.05, 0) is 5.56 Å². The average Bonchev–Trinajstić information content (AvgIpc) is 2.55. The van der Waals surface area contributed by atoms with Crippen LogP contribution in [0, 0.1) is 20.2 Å². The van der Waals surface area contributed by atoms with Gasteiger partial charge in [-0.2, -0.15) is 0 Å². The van der Waals surface area contributed by atoms with Crippen molar-refractivity contribution in [3.8, 4) is 0 Å². The SMILES string of the molecule is O=Cc1cccc([N+](=O)[O-])c1.O=[N+]([O-])c1cccc(CO)c1.[B].[H-].[Na+]. The van der Waals surface area contributed by atoms with E-state index in [1.807, 2.05) is 0 Å². The summed E-state index contributed by atoms with van der Waals surface area (Å²) in [6.07, 6.45) is 0.576. The molecule has 0 aliphatic carbocycles. The summed E-state index contributed by atoms with van der Waals surface area (Å²) in [5.74, 6) is 0. The van der Waals surface area contributed by atoms with E-state index >= 15 is 0 Å². The zero-order chi connectivity index (χ0) is 16.5. The van der Waals surface area contributed by atoms with Crippen molar-refractivity contribution in [3.63, 3.8) is 0 Å². The number of nitro groups is 2. The van der Waals surface area contributed by atoms with E-state index in [9.17, 15) is 25.0 Å². The molecule has 0 aliphatic rings. The van der Waals surface area contributed by atoms with Gasteiger partial charge in [0.15, 0.2) is 0 Å². The first kappa shape index (κ1) is 24.2. The molecule has 2 aromatic carbocycles. The van der Waals surface area contributed by atoms with Gasteiger partial charge in [0.05, 0.1) is 16.5 Å². The second kappa shape index (κ2) is 12.4. The van der Waals surface area contributed by atoms with E-state index in [0.29, 0.717) is 17.4 Å². The molecule has 8 nitrogen and oxygen atoms in total. The van der Waals surface area contributed by atoms with E-state index < -0.39 is 9.85 Å². The maximum absolute atomic E-state index is 10.2. The summed E-state index contributed by atoms with van der Waals surface area (Å²) in [4.78, 5) is 29.5. The second-order valence-corrected chi connectivity index (χ2v) is 4.06. The Labute approximate surface area is 163 Å². The number of nitro benzene ring substituents is 2. The van der Waals surface area contributed by atoms with Gasteiger partial charge in [-0.25, -0.2) is 0 Å². The minimum atomic E-state index is -0.535. The molecule has 10 heteroatoms. The Hall–Kier alpha value is -2.07. The van der Waals surface area contributed by atoms with Crippen molar-refractivity contribution < 1.29 is 50.7 Å². The predicted octanol–water partition coefficient (Wildman–Crippen LogP) is -0.770.